The summed E-state index contributed by atoms with van der Waals surface area (Å²) < 4.78 is 10.7. The van der Waals surface area contributed by atoms with Gasteiger partial charge in [-0.25, -0.2) is 0 Å². The summed E-state index contributed by atoms with van der Waals surface area (Å²) in [6.07, 6.45) is 7.92. The first-order valence-corrected chi connectivity index (χ1v) is 4.36. The Labute approximate surface area is 77.3 Å². The van der Waals surface area contributed by atoms with E-state index < -0.39 is 11.7 Å². The molecule has 0 radical (unpaired) electrons. The molecule has 1 aliphatic heterocycles. The van der Waals surface area contributed by atoms with Crippen molar-refractivity contribution in [3.8, 4) is 6.07 Å². The van der Waals surface area contributed by atoms with Crippen LogP contribution in [0.2, 0.25) is 0 Å². The summed E-state index contributed by atoms with van der Waals surface area (Å²) in [7, 11) is 0. The molecule has 1 heterocycles. The van der Waals surface area contributed by atoms with Gasteiger partial charge in [-0.05, 0) is 6.42 Å². The second kappa shape index (κ2) is 3.33. The third kappa shape index (κ3) is 1.39. The van der Waals surface area contributed by atoms with Crippen molar-refractivity contribution in [2.75, 3.05) is 13.2 Å². The van der Waals surface area contributed by atoms with Crippen LogP contribution in [0.1, 0.15) is 6.42 Å². The van der Waals surface area contributed by atoms with Crippen molar-refractivity contribution in [1.29, 1.82) is 5.26 Å². The highest BCUT2D eigenvalue weighted by Gasteiger charge is 2.40. The summed E-state index contributed by atoms with van der Waals surface area (Å²) in [5, 5.41) is 9.11. The summed E-state index contributed by atoms with van der Waals surface area (Å²) in [6, 6.07) is 2.27. The van der Waals surface area contributed by atoms with E-state index in [1.807, 2.05) is 24.3 Å². The fraction of sp³-hybridized carbons (Fsp3) is 0.500. The van der Waals surface area contributed by atoms with E-state index in [0.29, 0.717) is 19.6 Å². The molecule has 2 aliphatic rings. The average Bonchev–Trinajstić information content (AvgIpc) is 2.72. The molecule has 0 amide bonds. The second-order valence-electron chi connectivity index (χ2n) is 3.22. The van der Waals surface area contributed by atoms with Crippen molar-refractivity contribution in [3.63, 3.8) is 0 Å². The fourth-order valence-electron chi connectivity index (χ4n) is 1.60. The Morgan fingerprint density at radius 2 is 2.08 bits per heavy atom. The predicted molar refractivity (Wildman–Crippen MR) is 46.6 cm³/mol. The van der Waals surface area contributed by atoms with Gasteiger partial charge in [-0.3, -0.25) is 0 Å². The highest BCUT2D eigenvalue weighted by atomic mass is 16.7. The van der Waals surface area contributed by atoms with Crippen LogP contribution in [0.15, 0.2) is 24.3 Å². The van der Waals surface area contributed by atoms with Crippen molar-refractivity contribution >= 4 is 0 Å². The summed E-state index contributed by atoms with van der Waals surface area (Å²) in [4.78, 5) is 0. The molecule has 0 saturated carbocycles. The van der Waals surface area contributed by atoms with E-state index in [0.717, 1.165) is 0 Å². The maximum absolute atomic E-state index is 9.11. The Hall–Kier alpha value is -1.11. The molecule has 3 nitrogen and oxygen atoms in total. The van der Waals surface area contributed by atoms with Gasteiger partial charge in [-0.15, -0.1) is 0 Å². The van der Waals surface area contributed by atoms with Gasteiger partial charge in [0.1, 0.15) is 5.41 Å². The Kier molecular flexibility index (Phi) is 2.17. The molecule has 0 aromatic rings. The van der Waals surface area contributed by atoms with E-state index >= 15 is 0 Å². The number of rotatable bonds is 1. The van der Waals surface area contributed by atoms with E-state index in [1.54, 1.807) is 0 Å². The van der Waals surface area contributed by atoms with E-state index in [2.05, 4.69) is 6.07 Å². The minimum absolute atomic E-state index is 0.390. The van der Waals surface area contributed by atoms with Crippen LogP contribution in [0.25, 0.3) is 0 Å². The minimum atomic E-state index is -0.606. The zero-order valence-corrected chi connectivity index (χ0v) is 7.27. The predicted octanol–water partition coefficient (Wildman–Crippen LogP) is 1.39. The standard InChI is InChI=1S/C10H11NO2/c11-8-10(4-2-1-3-5-10)9-12-6-7-13-9/h1-4,9H,5-7H2. The zero-order chi connectivity index (χ0) is 9.15. The number of hydrogen-bond acceptors (Lipinski definition) is 3. The number of ether oxygens (including phenoxy) is 2. The second-order valence-corrected chi connectivity index (χ2v) is 3.22. The molecule has 0 spiro atoms. The van der Waals surface area contributed by atoms with Gasteiger partial charge < -0.3 is 9.47 Å². The lowest BCUT2D eigenvalue weighted by molar-refractivity contribution is -0.0933. The average molecular weight is 177 g/mol. The molecule has 1 unspecified atom stereocenters. The van der Waals surface area contributed by atoms with Crippen LogP contribution < -0.4 is 0 Å². The number of nitriles is 1. The molecule has 1 fully saturated rings. The Morgan fingerprint density at radius 3 is 2.62 bits per heavy atom. The molecular weight excluding hydrogens is 166 g/mol. The molecule has 0 N–H and O–H groups in total. The van der Waals surface area contributed by atoms with Gasteiger partial charge in [-0.1, -0.05) is 24.3 Å². The van der Waals surface area contributed by atoms with E-state index in [9.17, 15) is 0 Å². The highest BCUT2D eigenvalue weighted by molar-refractivity contribution is 5.25. The van der Waals surface area contributed by atoms with Crippen molar-refractivity contribution in [1.82, 2.24) is 0 Å². The van der Waals surface area contributed by atoms with Gasteiger partial charge in [0.15, 0.2) is 6.29 Å². The van der Waals surface area contributed by atoms with Crippen LogP contribution in [0, 0.1) is 16.7 Å². The van der Waals surface area contributed by atoms with Gasteiger partial charge in [0.2, 0.25) is 0 Å². The monoisotopic (exact) mass is 177 g/mol. The normalized spacial score (nSPS) is 33.5. The molecule has 0 aromatic carbocycles. The first-order chi connectivity index (χ1) is 6.37. The van der Waals surface area contributed by atoms with Crippen molar-refractivity contribution in [3.05, 3.63) is 24.3 Å². The van der Waals surface area contributed by atoms with Gasteiger partial charge in [-0.2, -0.15) is 5.26 Å². The molecule has 1 aliphatic carbocycles. The number of allylic oxidation sites excluding steroid dienone is 3. The topological polar surface area (TPSA) is 42.2 Å². The van der Waals surface area contributed by atoms with Gasteiger partial charge in [0, 0.05) is 0 Å². The first kappa shape index (κ1) is 8.49. The molecule has 0 bridgehead atoms. The first-order valence-electron chi connectivity index (χ1n) is 4.36. The van der Waals surface area contributed by atoms with E-state index in [1.165, 1.54) is 0 Å². The van der Waals surface area contributed by atoms with Crippen molar-refractivity contribution in [2.24, 2.45) is 5.41 Å². The lowest BCUT2D eigenvalue weighted by Gasteiger charge is -2.27. The molecule has 68 valence electrons. The zero-order valence-electron chi connectivity index (χ0n) is 7.27. The Morgan fingerprint density at radius 1 is 1.31 bits per heavy atom. The third-order valence-electron chi connectivity index (χ3n) is 2.35. The van der Waals surface area contributed by atoms with Crippen LogP contribution in [-0.2, 0) is 9.47 Å². The molecule has 1 atom stereocenters. The van der Waals surface area contributed by atoms with Crippen LogP contribution in [0.4, 0.5) is 0 Å². The molecule has 13 heavy (non-hydrogen) atoms. The van der Waals surface area contributed by atoms with Crippen LogP contribution in [-0.4, -0.2) is 19.5 Å². The summed E-state index contributed by atoms with van der Waals surface area (Å²) >= 11 is 0. The third-order valence-corrected chi connectivity index (χ3v) is 2.35. The lowest BCUT2D eigenvalue weighted by Crippen LogP contribution is -2.33. The summed E-state index contributed by atoms with van der Waals surface area (Å²) in [5.41, 5.74) is -0.606. The molecular formula is C10H11NO2. The fourth-order valence-corrected chi connectivity index (χ4v) is 1.60. The van der Waals surface area contributed by atoms with Gasteiger partial charge in [0.25, 0.3) is 0 Å². The minimum Gasteiger partial charge on any atom is -0.348 e. The van der Waals surface area contributed by atoms with Crippen molar-refractivity contribution in [2.45, 2.75) is 12.7 Å². The summed E-state index contributed by atoms with van der Waals surface area (Å²) in [6.45, 7) is 1.18. The van der Waals surface area contributed by atoms with Crippen LogP contribution in [0.5, 0.6) is 0 Å². The number of hydrogen-bond donors (Lipinski definition) is 0. The Balaban J connectivity index is 2.20. The smallest absolute Gasteiger partial charge is 0.180 e. The molecule has 3 heteroatoms. The highest BCUT2D eigenvalue weighted by Crippen LogP contribution is 2.35. The van der Waals surface area contributed by atoms with E-state index in [-0.39, 0.29) is 0 Å². The Bertz CT molecular complexity index is 284. The summed E-state index contributed by atoms with van der Waals surface area (Å²) in [5.74, 6) is 0. The SMILES string of the molecule is N#CC1(C2OCCO2)C=CC=CC1. The lowest BCUT2D eigenvalue weighted by atomic mass is 9.82. The quantitative estimate of drug-likeness (QED) is 0.607. The van der Waals surface area contributed by atoms with Gasteiger partial charge in [0.05, 0.1) is 19.3 Å². The molecule has 2 rings (SSSR count). The van der Waals surface area contributed by atoms with Crippen molar-refractivity contribution < 1.29 is 9.47 Å². The van der Waals surface area contributed by atoms with Gasteiger partial charge >= 0.3 is 0 Å². The maximum atomic E-state index is 9.11. The molecule has 1 saturated heterocycles. The molecule has 0 aromatic heterocycles. The van der Waals surface area contributed by atoms with Crippen LogP contribution >= 0.6 is 0 Å². The maximum Gasteiger partial charge on any atom is 0.180 e. The van der Waals surface area contributed by atoms with E-state index in [4.69, 9.17) is 14.7 Å². The largest absolute Gasteiger partial charge is 0.348 e. The number of nitrogens with zero attached hydrogens (tertiary/aromatic N) is 1. The van der Waals surface area contributed by atoms with Crippen LogP contribution in [0.3, 0.4) is 0 Å².